The lowest BCUT2D eigenvalue weighted by Gasteiger charge is -1.96. The van der Waals surface area contributed by atoms with Gasteiger partial charge in [-0.25, -0.2) is 9.18 Å². The van der Waals surface area contributed by atoms with Crippen LogP contribution in [0.3, 0.4) is 0 Å². The van der Waals surface area contributed by atoms with E-state index in [1.165, 1.54) is 36.7 Å². The fraction of sp³-hybridized carbons (Fsp3) is 0. The molecule has 0 spiro atoms. The quantitative estimate of drug-likeness (QED) is 0.465. The van der Waals surface area contributed by atoms with E-state index in [-0.39, 0.29) is 5.56 Å². The molecule has 0 unspecified atom stereocenters. The third-order valence-electron chi connectivity index (χ3n) is 1.94. The zero-order chi connectivity index (χ0) is 12.1. The molecule has 0 fully saturated rings. The average molecular weight is 233 g/mol. The molecule has 0 amide bonds. The van der Waals surface area contributed by atoms with Gasteiger partial charge in [0.1, 0.15) is 17.8 Å². The fourth-order valence-corrected chi connectivity index (χ4v) is 1.13. The molecule has 0 aliphatic rings. The van der Waals surface area contributed by atoms with Crippen LogP contribution in [0.25, 0.3) is 0 Å². The highest BCUT2D eigenvalue weighted by molar-refractivity contribution is 5.89. The largest absolute Gasteiger partial charge is 0.463 e. The normalized spacial score (nSPS) is 10.6. The van der Waals surface area contributed by atoms with Crippen LogP contribution in [0.5, 0.6) is 0 Å². The lowest BCUT2D eigenvalue weighted by atomic mass is 10.2. The maximum Gasteiger partial charge on any atom is 0.365 e. The summed E-state index contributed by atoms with van der Waals surface area (Å²) in [5.74, 6) is -0.606. The van der Waals surface area contributed by atoms with Crippen LogP contribution in [-0.4, -0.2) is 12.2 Å². The molecule has 0 N–H and O–H groups in total. The van der Waals surface area contributed by atoms with E-state index in [0.717, 1.165) is 0 Å². The van der Waals surface area contributed by atoms with Crippen molar-refractivity contribution in [1.82, 2.24) is 0 Å². The van der Waals surface area contributed by atoms with Crippen molar-refractivity contribution in [3.05, 3.63) is 59.8 Å². The van der Waals surface area contributed by atoms with Gasteiger partial charge in [0.2, 0.25) is 0 Å². The van der Waals surface area contributed by atoms with Gasteiger partial charge in [-0.05, 0) is 36.4 Å². The molecule has 0 saturated carbocycles. The molecule has 0 bridgehead atoms. The Morgan fingerprint density at radius 2 is 2.06 bits per heavy atom. The Bertz CT molecular complexity index is 517. The highest BCUT2D eigenvalue weighted by atomic mass is 19.1. The lowest BCUT2D eigenvalue weighted by Crippen LogP contribution is -2.00. The van der Waals surface area contributed by atoms with Gasteiger partial charge >= 0.3 is 5.97 Å². The lowest BCUT2D eigenvalue weighted by molar-refractivity contribution is 0.0519. The molecule has 1 heterocycles. The molecule has 2 rings (SSSR count). The number of benzene rings is 1. The zero-order valence-electron chi connectivity index (χ0n) is 8.67. The monoisotopic (exact) mass is 233 g/mol. The van der Waals surface area contributed by atoms with Crippen molar-refractivity contribution in [2.75, 3.05) is 0 Å². The first kappa shape index (κ1) is 11.1. The maximum atomic E-state index is 12.6. The molecule has 0 aliphatic heterocycles. The van der Waals surface area contributed by atoms with Crippen molar-refractivity contribution in [2.24, 2.45) is 5.16 Å². The van der Waals surface area contributed by atoms with Gasteiger partial charge in [0, 0.05) is 0 Å². The minimum absolute atomic E-state index is 0.225. The summed E-state index contributed by atoms with van der Waals surface area (Å²) in [6, 6.07) is 8.33. The van der Waals surface area contributed by atoms with Crippen molar-refractivity contribution in [3.63, 3.8) is 0 Å². The molecule has 5 heteroatoms. The molecule has 86 valence electrons. The first-order valence-electron chi connectivity index (χ1n) is 4.79. The topological polar surface area (TPSA) is 51.8 Å². The molecule has 17 heavy (non-hydrogen) atoms. The summed E-state index contributed by atoms with van der Waals surface area (Å²) < 4.78 is 17.5. The Morgan fingerprint density at radius 1 is 1.29 bits per heavy atom. The van der Waals surface area contributed by atoms with E-state index in [2.05, 4.69) is 9.99 Å². The molecule has 0 radical (unpaired) electrons. The second-order valence-corrected chi connectivity index (χ2v) is 3.14. The Labute approximate surface area is 96.3 Å². The summed E-state index contributed by atoms with van der Waals surface area (Å²) in [6.45, 7) is 0. The van der Waals surface area contributed by atoms with Crippen LogP contribution in [0.1, 0.15) is 16.1 Å². The third-order valence-corrected chi connectivity index (χ3v) is 1.94. The SMILES string of the molecule is O=C(O/N=C\c1ccco1)c1ccc(F)cc1. The third kappa shape index (κ3) is 3.01. The van der Waals surface area contributed by atoms with Crippen LogP contribution < -0.4 is 0 Å². The number of halogens is 1. The number of carbonyl (C=O) groups is 1. The highest BCUT2D eigenvalue weighted by Crippen LogP contribution is 2.04. The van der Waals surface area contributed by atoms with Gasteiger partial charge in [-0.2, -0.15) is 0 Å². The summed E-state index contributed by atoms with van der Waals surface area (Å²) in [5.41, 5.74) is 0.225. The Morgan fingerprint density at radius 3 is 2.71 bits per heavy atom. The highest BCUT2D eigenvalue weighted by Gasteiger charge is 2.06. The van der Waals surface area contributed by atoms with Crippen molar-refractivity contribution in [3.8, 4) is 0 Å². The van der Waals surface area contributed by atoms with Gasteiger partial charge in [0.15, 0.2) is 0 Å². The molecule has 1 aromatic carbocycles. The number of nitrogens with zero attached hydrogens (tertiary/aromatic N) is 1. The number of furan rings is 1. The van der Waals surface area contributed by atoms with Crippen molar-refractivity contribution in [1.29, 1.82) is 0 Å². The summed E-state index contributed by atoms with van der Waals surface area (Å²) >= 11 is 0. The van der Waals surface area contributed by atoms with E-state index in [4.69, 9.17) is 4.42 Å². The van der Waals surface area contributed by atoms with Gasteiger partial charge in [-0.3, -0.25) is 0 Å². The second-order valence-electron chi connectivity index (χ2n) is 3.14. The Hall–Kier alpha value is -2.43. The molecular formula is C12H8FNO3. The molecule has 2 aromatic rings. The van der Waals surface area contributed by atoms with Crippen LogP contribution in [0, 0.1) is 5.82 Å². The van der Waals surface area contributed by atoms with Crippen LogP contribution in [-0.2, 0) is 4.84 Å². The minimum Gasteiger partial charge on any atom is -0.463 e. The Kier molecular flexibility index (Phi) is 3.30. The smallest absolute Gasteiger partial charge is 0.365 e. The molecule has 0 atom stereocenters. The van der Waals surface area contributed by atoms with Gasteiger partial charge in [0.05, 0.1) is 11.8 Å². The standard InChI is InChI=1S/C12H8FNO3/c13-10-5-3-9(4-6-10)12(15)17-14-8-11-2-1-7-16-11/h1-8H/b14-8-. The van der Waals surface area contributed by atoms with E-state index in [1.54, 1.807) is 12.1 Å². The number of carbonyl (C=O) groups excluding carboxylic acids is 1. The number of rotatable bonds is 3. The number of hydrogen-bond acceptors (Lipinski definition) is 4. The van der Waals surface area contributed by atoms with Crippen molar-refractivity contribution < 1.29 is 18.4 Å². The predicted octanol–water partition coefficient (Wildman–Crippen LogP) is 2.61. The number of oxime groups is 1. The molecule has 1 aromatic heterocycles. The zero-order valence-corrected chi connectivity index (χ0v) is 8.67. The van der Waals surface area contributed by atoms with Gasteiger partial charge < -0.3 is 9.25 Å². The summed E-state index contributed by atoms with van der Waals surface area (Å²) in [7, 11) is 0. The fourth-order valence-electron chi connectivity index (χ4n) is 1.13. The van der Waals surface area contributed by atoms with Gasteiger partial charge in [0.25, 0.3) is 0 Å². The molecule has 0 aliphatic carbocycles. The summed E-state index contributed by atoms with van der Waals surface area (Å²) in [6.07, 6.45) is 2.74. The van der Waals surface area contributed by atoms with Crippen LogP contribution in [0.15, 0.2) is 52.2 Å². The second kappa shape index (κ2) is 5.07. The maximum absolute atomic E-state index is 12.6. The molecule has 0 saturated heterocycles. The summed E-state index contributed by atoms with van der Waals surface area (Å²) in [5, 5.41) is 3.45. The first-order chi connectivity index (χ1) is 8.25. The van der Waals surface area contributed by atoms with Crippen molar-refractivity contribution in [2.45, 2.75) is 0 Å². The number of hydrogen-bond donors (Lipinski definition) is 0. The Balaban J connectivity index is 1.96. The average Bonchev–Trinajstić information content (AvgIpc) is 2.83. The van der Waals surface area contributed by atoms with E-state index in [0.29, 0.717) is 5.76 Å². The summed E-state index contributed by atoms with van der Waals surface area (Å²) in [4.78, 5) is 16.0. The van der Waals surface area contributed by atoms with Gasteiger partial charge in [-0.15, -0.1) is 0 Å². The van der Waals surface area contributed by atoms with Crippen LogP contribution in [0.2, 0.25) is 0 Å². The van der Waals surface area contributed by atoms with E-state index in [1.807, 2.05) is 0 Å². The van der Waals surface area contributed by atoms with E-state index < -0.39 is 11.8 Å². The van der Waals surface area contributed by atoms with Crippen molar-refractivity contribution >= 4 is 12.2 Å². The predicted molar refractivity (Wildman–Crippen MR) is 58.1 cm³/mol. The van der Waals surface area contributed by atoms with Crippen LogP contribution >= 0.6 is 0 Å². The molecule has 4 nitrogen and oxygen atoms in total. The minimum atomic E-state index is -0.659. The first-order valence-corrected chi connectivity index (χ1v) is 4.79. The molecular weight excluding hydrogens is 225 g/mol. The van der Waals surface area contributed by atoms with E-state index in [9.17, 15) is 9.18 Å². The van der Waals surface area contributed by atoms with Crippen LogP contribution in [0.4, 0.5) is 4.39 Å². The van der Waals surface area contributed by atoms with E-state index >= 15 is 0 Å². The van der Waals surface area contributed by atoms with Gasteiger partial charge in [-0.1, -0.05) is 5.16 Å².